The Morgan fingerprint density at radius 2 is 2.33 bits per heavy atom. The van der Waals surface area contributed by atoms with Crippen LogP contribution in [0.25, 0.3) is 6.08 Å². The van der Waals surface area contributed by atoms with Gasteiger partial charge in [0, 0.05) is 18.4 Å². The lowest BCUT2D eigenvalue weighted by molar-refractivity contribution is -0.384. The lowest BCUT2D eigenvalue weighted by Gasteiger charge is -1.99. The first kappa shape index (κ1) is 11.1. The predicted molar refractivity (Wildman–Crippen MR) is 56.0 cm³/mol. The molecule has 6 heteroatoms. The smallest absolute Gasteiger partial charge is 0.310 e. The topological polar surface area (TPSA) is 102 Å². The van der Waals surface area contributed by atoms with Gasteiger partial charge in [0.05, 0.1) is 4.92 Å². The quantitative estimate of drug-likeness (QED) is 0.568. The zero-order valence-electron chi connectivity index (χ0n) is 7.96. The SMILES string of the molecule is Nc1c(C=CCCO)cncc1[N+](=O)[O-]. The number of nitrogens with zero attached hydrogens (tertiary/aromatic N) is 2. The number of nitrogens with two attached hydrogens (primary N) is 1. The Hall–Kier alpha value is -1.95. The van der Waals surface area contributed by atoms with Crippen LogP contribution in [0.5, 0.6) is 0 Å². The largest absolute Gasteiger partial charge is 0.396 e. The Labute approximate surface area is 86.2 Å². The lowest BCUT2D eigenvalue weighted by atomic mass is 10.2. The standard InChI is InChI=1S/C9H11N3O3/c10-9-7(3-1-2-4-13)5-11-6-8(9)12(14)15/h1,3,5-6,13H,2,4H2,(H2,10,11). The molecule has 0 aliphatic rings. The van der Waals surface area contributed by atoms with E-state index >= 15 is 0 Å². The van der Waals surface area contributed by atoms with E-state index < -0.39 is 4.92 Å². The Bertz CT molecular complexity index is 390. The summed E-state index contributed by atoms with van der Waals surface area (Å²) in [5.74, 6) is 0. The summed E-state index contributed by atoms with van der Waals surface area (Å²) in [6.45, 7) is 0.0265. The van der Waals surface area contributed by atoms with Crippen LogP contribution in [0.1, 0.15) is 12.0 Å². The van der Waals surface area contributed by atoms with E-state index in [-0.39, 0.29) is 18.0 Å². The maximum Gasteiger partial charge on any atom is 0.310 e. The number of aliphatic hydroxyl groups is 1. The van der Waals surface area contributed by atoms with Crippen molar-refractivity contribution < 1.29 is 10.0 Å². The summed E-state index contributed by atoms with van der Waals surface area (Å²) in [4.78, 5) is 13.7. The van der Waals surface area contributed by atoms with E-state index in [1.54, 1.807) is 12.2 Å². The summed E-state index contributed by atoms with van der Waals surface area (Å²) in [5.41, 5.74) is 5.93. The molecule has 0 spiro atoms. The number of hydrogen-bond acceptors (Lipinski definition) is 5. The van der Waals surface area contributed by atoms with Crippen LogP contribution >= 0.6 is 0 Å². The second-order valence-electron chi connectivity index (χ2n) is 2.83. The highest BCUT2D eigenvalue weighted by molar-refractivity contribution is 5.71. The Kier molecular flexibility index (Phi) is 3.75. The van der Waals surface area contributed by atoms with Gasteiger partial charge in [-0.05, 0) is 6.42 Å². The van der Waals surface area contributed by atoms with Crippen molar-refractivity contribution in [2.24, 2.45) is 0 Å². The first-order valence-electron chi connectivity index (χ1n) is 4.32. The maximum atomic E-state index is 10.5. The summed E-state index contributed by atoms with van der Waals surface area (Å²) in [7, 11) is 0. The summed E-state index contributed by atoms with van der Waals surface area (Å²) in [5, 5.41) is 19.1. The van der Waals surface area contributed by atoms with Gasteiger partial charge in [-0.2, -0.15) is 0 Å². The maximum absolute atomic E-state index is 10.5. The fourth-order valence-electron chi connectivity index (χ4n) is 1.04. The third kappa shape index (κ3) is 2.75. The molecule has 0 aromatic carbocycles. The second kappa shape index (κ2) is 5.06. The minimum Gasteiger partial charge on any atom is -0.396 e. The van der Waals surface area contributed by atoms with Crippen LogP contribution in [0.15, 0.2) is 18.5 Å². The number of aromatic nitrogens is 1. The third-order valence-electron chi connectivity index (χ3n) is 1.79. The van der Waals surface area contributed by atoms with Crippen LogP contribution in [0.3, 0.4) is 0 Å². The molecular weight excluding hydrogens is 198 g/mol. The average Bonchev–Trinajstić information content (AvgIpc) is 2.20. The average molecular weight is 209 g/mol. The van der Waals surface area contributed by atoms with Gasteiger partial charge in [-0.25, -0.2) is 0 Å². The Morgan fingerprint density at radius 3 is 2.93 bits per heavy atom. The highest BCUT2D eigenvalue weighted by Gasteiger charge is 2.13. The van der Waals surface area contributed by atoms with E-state index in [0.717, 1.165) is 6.20 Å². The molecule has 80 valence electrons. The number of anilines is 1. The number of rotatable bonds is 4. The molecule has 0 amide bonds. The van der Waals surface area contributed by atoms with Crippen molar-refractivity contribution in [2.45, 2.75) is 6.42 Å². The second-order valence-corrected chi connectivity index (χ2v) is 2.83. The molecule has 15 heavy (non-hydrogen) atoms. The number of nitrogen functional groups attached to an aromatic ring is 1. The molecule has 6 nitrogen and oxygen atoms in total. The molecule has 1 rings (SSSR count). The molecule has 0 atom stereocenters. The van der Waals surface area contributed by atoms with Crippen LogP contribution in [0, 0.1) is 10.1 Å². The summed E-state index contributed by atoms with van der Waals surface area (Å²) >= 11 is 0. The Balaban J connectivity index is 2.99. The number of nitro groups is 1. The highest BCUT2D eigenvalue weighted by atomic mass is 16.6. The van der Waals surface area contributed by atoms with Crippen molar-refractivity contribution in [1.82, 2.24) is 4.98 Å². The van der Waals surface area contributed by atoms with Crippen LogP contribution in [-0.2, 0) is 0 Å². The number of hydrogen-bond donors (Lipinski definition) is 2. The monoisotopic (exact) mass is 209 g/mol. The molecule has 0 saturated heterocycles. The van der Waals surface area contributed by atoms with Crippen LogP contribution in [0.4, 0.5) is 11.4 Å². The first-order chi connectivity index (χ1) is 7.16. The molecule has 3 N–H and O–H groups in total. The Morgan fingerprint density at radius 1 is 1.60 bits per heavy atom. The number of aliphatic hydroxyl groups excluding tert-OH is 1. The van der Waals surface area contributed by atoms with Gasteiger partial charge >= 0.3 is 5.69 Å². The van der Waals surface area contributed by atoms with Gasteiger partial charge in [0.15, 0.2) is 0 Å². The van der Waals surface area contributed by atoms with Crippen molar-refractivity contribution in [2.75, 3.05) is 12.3 Å². The zero-order valence-corrected chi connectivity index (χ0v) is 7.96. The van der Waals surface area contributed by atoms with Crippen LogP contribution in [-0.4, -0.2) is 21.6 Å². The molecule has 1 aromatic rings. The lowest BCUT2D eigenvalue weighted by Crippen LogP contribution is -1.98. The molecule has 0 bridgehead atoms. The molecule has 0 aliphatic heterocycles. The van der Waals surface area contributed by atoms with Gasteiger partial charge in [-0.15, -0.1) is 0 Å². The fraction of sp³-hybridized carbons (Fsp3) is 0.222. The molecule has 1 heterocycles. The molecule has 0 saturated carbocycles. The van der Waals surface area contributed by atoms with E-state index in [1.165, 1.54) is 6.20 Å². The molecule has 0 unspecified atom stereocenters. The van der Waals surface area contributed by atoms with Crippen molar-refractivity contribution in [3.05, 3.63) is 34.1 Å². The van der Waals surface area contributed by atoms with Crippen LogP contribution in [0.2, 0.25) is 0 Å². The van der Waals surface area contributed by atoms with Gasteiger partial charge in [0.25, 0.3) is 0 Å². The van der Waals surface area contributed by atoms with E-state index in [9.17, 15) is 10.1 Å². The molecule has 1 aromatic heterocycles. The van der Waals surface area contributed by atoms with E-state index in [0.29, 0.717) is 12.0 Å². The molecule has 0 aliphatic carbocycles. The van der Waals surface area contributed by atoms with Gasteiger partial charge in [-0.1, -0.05) is 12.2 Å². The van der Waals surface area contributed by atoms with E-state index in [1.807, 2.05) is 0 Å². The van der Waals surface area contributed by atoms with E-state index in [2.05, 4.69) is 4.98 Å². The van der Waals surface area contributed by atoms with Gasteiger partial charge in [-0.3, -0.25) is 15.1 Å². The summed E-state index contributed by atoms with van der Waals surface area (Å²) in [6, 6.07) is 0. The molecule has 0 fully saturated rings. The molecule has 0 radical (unpaired) electrons. The van der Waals surface area contributed by atoms with Crippen molar-refractivity contribution in [3.8, 4) is 0 Å². The van der Waals surface area contributed by atoms with Crippen LogP contribution < -0.4 is 5.73 Å². The third-order valence-corrected chi connectivity index (χ3v) is 1.79. The first-order valence-corrected chi connectivity index (χ1v) is 4.32. The van der Waals surface area contributed by atoms with Gasteiger partial charge in [0.1, 0.15) is 11.9 Å². The summed E-state index contributed by atoms with van der Waals surface area (Å²) in [6.07, 6.45) is 6.31. The highest BCUT2D eigenvalue weighted by Crippen LogP contribution is 2.24. The van der Waals surface area contributed by atoms with E-state index in [4.69, 9.17) is 10.8 Å². The van der Waals surface area contributed by atoms with Gasteiger partial charge < -0.3 is 10.8 Å². The zero-order chi connectivity index (χ0) is 11.3. The number of pyridine rings is 1. The van der Waals surface area contributed by atoms with Gasteiger partial charge in [0.2, 0.25) is 0 Å². The minimum absolute atomic E-state index is 0.0265. The predicted octanol–water partition coefficient (Wildman–Crippen LogP) is 0.968. The normalized spacial score (nSPS) is 10.7. The van der Waals surface area contributed by atoms with Crippen molar-refractivity contribution >= 4 is 17.5 Å². The van der Waals surface area contributed by atoms with Crippen molar-refractivity contribution in [3.63, 3.8) is 0 Å². The summed E-state index contributed by atoms with van der Waals surface area (Å²) < 4.78 is 0. The van der Waals surface area contributed by atoms with Crippen molar-refractivity contribution in [1.29, 1.82) is 0 Å². The fourth-order valence-corrected chi connectivity index (χ4v) is 1.04. The molecular formula is C9H11N3O3. The minimum atomic E-state index is -0.578.